The van der Waals surface area contributed by atoms with E-state index in [-0.39, 0.29) is 6.61 Å². The number of benzene rings is 1. The number of nitrogens with zero attached hydrogens (tertiary/aromatic N) is 4. The average molecular weight is 383 g/mol. The normalized spacial score (nSPS) is 11.9. The second kappa shape index (κ2) is 7.04. The van der Waals surface area contributed by atoms with Gasteiger partial charge in [0.15, 0.2) is 10.6 Å². The molecule has 0 radical (unpaired) electrons. The number of alkyl halides is 3. The lowest BCUT2D eigenvalue weighted by Gasteiger charge is -2.09. The first kappa shape index (κ1) is 18.3. The third-order valence-electron chi connectivity index (χ3n) is 3.62. The summed E-state index contributed by atoms with van der Waals surface area (Å²) in [7, 11) is 1.80. The van der Waals surface area contributed by atoms with E-state index in [0.717, 1.165) is 11.4 Å². The Morgan fingerprint density at radius 3 is 2.73 bits per heavy atom. The Kier molecular flexibility index (Phi) is 4.97. The Morgan fingerprint density at radius 1 is 1.31 bits per heavy atom. The van der Waals surface area contributed by atoms with Crippen molar-refractivity contribution in [3.8, 4) is 17.1 Å². The number of ether oxygens (including phenoxy) is 1. The Balaban J connectivity index is 1.92. The molecule has 2 aromatic heterocycles. The lowest BCUT2D eigenvalue weighted by molar-refractivity contribution is -0.176. The number of hydrogen-bond donors (Lipinski definition) is 1. The van der Waals surface area contributed by atoms with Crippen LogP contribution in [0.3, 0.4) is 0 Å². The summed E-state index contributed by atoms with van der Waals surface area (Å²) in [6.07, 6.45) is -2.53. The fourth-order valence-corrected chi connectivity index (χ4v) is 2.84. The topological polar surface area (TPSA) is 60.7 Å². The average Bonchev–Trinajstić information content (AvgIpc) is 3.08. The van der Waals surface area contributed by atoms with Gasteiger partial charge in [-0.15, -0.1) is 0 Å². The van der Waals surface area contributed by atoms with Gasteiger partial charge in [0.2, 0.25) is 0 Å². The van der Waals surface area contributed by atoms with E-state index in [4.69, 9.17) is 17.0 Å². The highest BCUT2D eigenvalue weighted by Crippen LogP contribution is 2.24. The second-order valence-electron chi connectivity index (χ2n) is 5.77. The number of aromatic nitrogens is 5. The van der Waals surface area contributed by atoms with E-state index in [1.54, 1.807) is 40.6 Å². The third kappa shape index (κ3) is 4.02. The number of nitrogens with one attached hydrogen (secondary N) is 1. The number of aromatic amines is 1. The van der Waals surface area contributed by atoms with Gasteiger partial charge in [-0.3, -0.25) is 14.3 Å². The van der Waals surface area contributed by atoms with Crippen LogP contribution >= 0.6 is 12.2 Å². The molecular formula is C16H16F3N5OS. The Hall–Kier alpha value is -2.46. The Labute approximate surface area is 152 Å². The summed E-state index contributed by atoms with van der Waals surface area (Å²) in [6.45, 7) is 0.421. The zero-order valence-corrected chi connectivity index (χ0v) is 14.9. The molecule has 1 aromatic carbocycles. The highest BCUT2D eigenvalue weighted by Gasteiger charge is 2.27. The van der Waals surface area contributed by atoms with Crippen molar-refractivity contribution in [1.29, 1.82) is 0 Å². The van der Waals surface area contributed by atoms with Gasteiger partial charge in [-0.1, -0.05) is 18.2 Å². The van der Waals surface area contributed by atoms with E-state index in [9.17, 15) is 13.2 Å². The molecule has 0 unspecified atom stereocenters. The number of hydrogen-bond acceptors (Lipinski definition) is 4. The van der Waals surface area contributed by atoms with Gasteiger partial charge >= 0.3 is 6.18 Å². The summed E-state index contributed by atoms with van der Waals surface area (Å²) in [6, 6.07) is 6.96. The van der Waals surface area contributed by atoms with Gasteiger partial charge < -0.3 is 4.74 Å². The van der Waals surface area contributed by atoms with E-state index >= 15 is 0 Å². The highest BCUT2D eigenvalue weighted by molar-refractivity contribution is 7.71. The van der Waals surface area contributed by atoms with Crippen LogP contribution in [0.2, 0.25) is 0 Å². The lowest BCUT2D eigenvalue weighted by Crippen LogP contribution is -2.16. The summed E-state index contributed by atoms with van der Waals surface area (Å²) in [5, 5.41) is 11.3. The van der Waals surface area contributed by atoms with E-state index in [0.29, 0.717) is 21.7 Å². The van der Waals surface area contributed by atoms with Crippen LogP contribution in [0, 0.1) is 11.7 Å². The monoisotopic (exact) mass is 383 g/mol. The predicted molar refractivity (Wildman–Crippen MR) is 91.4 cm³/mol. The molecule has 0 spiro atoms. The van der Waals surface area contributed by atoms with Crippen molar-refractivity contribution in [1.82, 2.24) is 24.5 Å². The highest BCUT2D eigenvalue weighted by atomic mass is 32.1. The molecule has 0 saturated carbocycles. The molecule has 0 aliphatic heterocycles. The van der Waals surface area contributed by atoms with Gasteiger partial charge in [0.05, 0.1) is 18.0 Å². The van der Waals surface area contributed by atoms with Crippen molar-refractivity contribution >= 4 is 12.2 Å². The Bertz CT molecular complexity index is 973. The zero-order chi connectivity index (χ0) is 18.9. The van der Waals surface area contributed by atoms with Crippen LogP contribution in [0.25, 0.3) is 17.1 Å². The standard InChI is InChI=1S/C16H16F3N5OS/c1-10-13(7-23(2)22-10)24-14(20-21-15(24)26)12-5-3-4-11(6-12)8-25-9-16(17,18)19/h3-7H,8-9H2,1-2H3,(H,21,26). The summed E-state index contributed by atoms with van der Waals surface area (Å²) in [5.41, 5.74) is 2.86. The maximum absolute atomic E-state index is 12.2. The first-order valence-corrected chi connectivity index (χ1v) is 8.07. The van der Waals surface area contributed by atoms with Crippen LogP contribution < -0.4 is 0 Å². The minimum atomic E-state index is -4.35. The molecule has 0 amide bonds. The van der Waals surface area contributed by atoms with Crippen LogP contribution in [0.15, 0.2) is 30.5 Å². The number of halogens is 3. The molecule has 0 aliphatic carbocycles. The van der Waals surface area contributed by atoms with E-state index in [2.05, 4.69) is 15.3 Å². The Morgan fingerprint density at radius 2 is 2.08 bits per heavy atom. The van der Waals surface area contributed by atoms with Gasteiger partial charge in [0.1, 0.15) is 6.61 Å². The predicted octanol–water partition coefficient (Wildman–Crippen LogP) is 3.72. The first-order valence-electron chi connectivity index (χ1n) is 7.66. The maximum atomic E-state index is 12.2. The van der Waals surface area contributed by atoms with Gasteiger partial charge in [-0.2, -0.15) is 23.4 Å². The van der Waals surface area contributed by atoms with Crippen molar-refractivity contribution in [2.45, 2.75) is 19.7 Å². The zero-order valence-electron chi connectivity index (χ0n) is 14.0. The molecular weight excluding hydrogens is 367 g/mol. The minimum Gasteiger partial charge on any atom is -0.367 e. The molecule has 6 nitrogen and oxygen atoms in total. The van der Waals surface area contributed by atoms with Gasteiger partial charge in [-0.05, 0) is 30.8 Å². The van der Waals surface area contributed by atoms with Crippen molar-refractivity contribution in [2.24, 2.45) is 7.05 Å². The molecule has 10 heteroatoms. The summed E-state index contributed by atoms with van der Waals surface area (Å²) in [4.78, 5) is 0. The molecule has 0 atom stereocenters. The SMILES string of the molecule is Cc1nn(C)cc1-n1c(-c2cccc(COCC(F)(F)F)c2)n[nH]c1=S. The van der Waals surface area contributed by atoms with Gasteiger partial charge in [0.25, 0.3) is 0 Å². The van der Waals surface area contributed by atoms with Crippen molar-refractivity contribution in [2.75, 3.05) is 6.61 Å². The molecule has 0 saturated heterocycles. The molecule has 1 N–H and O–H groups in total. The minimum absolute atomic E-state index is 0.148. The largest absolute Gasteiger partial charge is 0.411 e. The number of rotatable bonds is 5. The van der Waals surface area contributed by atoms with Crippen molar-refractivity contribution in [3.05, 3.63) is 46.5 Å². The fourth-order valence-electron chi connectivity index (χ4n) is 2.61. The molecule has 0 aliphatic rings. The quantitative estimate of drug-likeness (QED) is 0.683. The van der Waals surface area contributed by atoms with Crippen molar-refractivity contribution < 1.29 is 17.9 Å². The molecule has 26 heavy (non-hydrogen) atoms. The van der Waals surface area contributed by atoms with Crippen LogP contribution in [-0.2, 0) is 18.4 Å². The van der Waals surface area contributed by atoms with Crippen molar-refractivity contribution in [3.63, 3.8) is 0 Å². The fraction of sp³-hybridized carbons (Fsp3) is 0.312. The second-order valence-corrected chi connectivity index (χ2v) is 6.16. The summed E-state index contributed by atoms with van der Waals surface area (Å²) >= 11 is 5.33. The van der Waals surface area contributed by atoms with E-state index < -0.39 is 12.8 Å². The van der Waals surface area contributed by atoms with E-state index in [1.807, 2.05) is 13.1 Å². The third-order valence-corrected chi connectivity index (χ3v) is 3.89. The van der Waals surface area contributed by atoms with Crippen LogP contribution in [0.5, 0.6) is 0 Å². The first-order chi connectivity index (χ1) is 12.2. The number of H-pyrrole nitrogens is 1. The summed E-state index contributed by atoms with van der Waals surface area (Å²) < 4.78 is 45.2. The molecule has 2 heterocycles. The summed E-state index contributed by atoms with van der Waals surface area (Å²) in [5.74, 6) is 0.545. The molecule has 3 aromatic rings. The van der Waals surface area contributed by atoms with Crippen LogP contribution in [-0.4, -0.2) is 37.3 Å². The van der Waals surface area contributed by atoms with E-state index in [1.165, 1.54) is 0 Å². The lowest BCUT2D eigenvalue weighted by atomic mass is 10.1. The molecule has 0 bridgehead atoms. The molecule has 3 rings (SSSR count). The smallest absolute Gasteiger partial charge is 0.367 e. The maximum Gasteiger partial charge on any atom is 0.411 e. The van der Waals surface area contributed by atoms with Gasteiger partial charge in [-0.25, -0.2) is 0 Å². The molecule has 0 fully saturated rings. The molecule has 138 valence electrons. The number of aryl methyl sites for hydroxylation is 2. The van der Waals surface area contributed by atoms with Crippen LogP contribution in [0.4, 0.5) is 13.2 Å². The van der Waals surface area contributed by atoms with Gasteiger partial charge in [0, 0.05) is 18.8 Å². The van der Waals surface area contributed by atoms with Crippen LogP contribution in [0.1, 0.15) is 11.3 Å².